The Balaban J connectivity index is 0.00000484. The highest BCUT2D eigenvalue weighted by atomic mass is 35.5. The number of carbonyl (C=O) groups excluding carboxylic acids is 1. The van der Waals surface area contributed by atoms with Crippen LogP contribution in [-0.4, -0.2) is 46.8 Å². The molecule has 0 saturated carbocycles. The van der Waals surface area contributed by atoms with E-state index in [1.165, 1.54) is 0 Å². The van der Waals surface area contributed by atoms with E-state index in [1.54, 1.807) is 0 Å². The van der Waals surface area contributed by atoms with Crippen molar-refractivity contribution in [2.45, 2.75) is 13.8 Å². The summed E-state index contributed by atoms with van der Waals surface area (Å²) in [7, 11) is 0. The maximum atomic E-state index is 12.0. The number of non-ortho nitro benzene ring substituents is 2. The zero-order valence-corrected chi connectivity index (χ0v) is 13.7. The van der Waals surface area contributed by atoms with Gasteiger partial charge in [-0.15, -0.1) is 12.4 Å². The van der Waals surface area contributed by atoms with Gasteiger partial charge in [-0.3, -0.25) is 25.0 Å². The van der Waals surface area contributed by atoms with E-state index >= 15 is 0 Å². The lowest BCUT2D eigenvalue weighted by molar-refractivity contribution is -0.394. The van der Waals surface area contributed by atoms with Crippen LogP contribution in [-0.2, 0) is 0 Å². The summed E-state index contributed by atoms with van der Waals surface area (Å²) in [6, 6.07) is 2.88. The third kappa shape index (κ3) is 6.17. The van der Waals surface area contributed by atoms with Crippen LogP contribution in [0.2, 0.25) is 0 Å². The summed E-state index contributed by atoms with van der Waals surface area (Å²) >= 11 is 0. The quantitative estimate of drug-likeness (QED) is 0.568. The van der Waals surface area contributed by atoms with Crippen molar-refractivity contribution < 1.29 is 14.6 Å². The number of likely N-dealkylation sites (N-methyl/N-ethyl adjacent to an activating group) is 1. The van der Waals surface area contributed by atoms with Gasteiger partial charge in [-0.05, 0) is 13.1 Å². The fourth-order valence-corrected chi connectivity index (χ4v) is 1.91. The number of benzene rings is 1. The van der Waals surface area contributed by atoms with Crippen LogP contribution in [0, 0.1) is 20.2 Å². The van der Waals surface area contributed by atoms with Crippen LogP contribution < -0.4 is 5.32 Å². The number of nitro benzene ring substituents is 2. The van der Waals surface area contributed by atoms with Gasteiger partial charge in [-0.1, -0.05) is 13.8 Å². The number of hydrogen-bond acceptors (Lipinski definition) is 6. The van der Waals surface area contributed by atoms with Gasteiger partial charge in [0.2, 0.25) is 0 Å². The van der Waals surface area contributed by atoms with Crippen molar-refractivity contribution in [3.05, 3.63) is 44.0 Å². The highest BCUT2D eigenvalue weighted by molar-refractivity contribution is 5.95. The molecular formula is C13H19ClN4O5. The minimum absolute atomic E-state index is 0. The van der Waals surface area contributed by atoms with Crippen molar-refractivity contribution in [1.29, 1.82) is 0 Å². The number of nitrogens with one attached hydrogen (secondary N) is 1. The zero-order chi connectivity index (χ0) is 16.7. The Morgan fingerprint density at radius 1 is 1.09 bits per heavy atom. The molecule has 0 aliphatic heterocycles. The first-order valence-electron chi connectivity index (χ1n) is 6.83. The Hall–Kier alpha value is -2.26. The van der Waals surface area contributed by atoms with E-state index in [9.17, 15) is 25.0 Å². The van der Waals surface area contributed by atoms with Crippen LogP contribution in [0.5, 0.6) is 0 Å². The van der Waals surface area contributed by atoms with Crippen LogP contribution >= 0.6 is 12.4 Å². The van der Waals surface area contributed by atoms with Gasteiger partial charge in [-0.25, -0.2) is 0 Å². The molecule has 1 N–H and O–H groups in total. The Labute approximate surface area is 139 Å². The average Bonchev–Trinajstić information content (AvgIpc) is 2.50. The summed E-state index contributed by atoms with van der Waals surface area (Å²) in [5.41, 5.74) is -1.06. The minimum Gasteiger partial charge on any atom is -0.351 e. The second-order valence-electron chi connectivity index (χ2n) is 4.54. The third-order valence-corrected chi connectivity index (χ3v) is 3.19. The van der Waals surface area contributed by atoms with Gasteiger partial charge < -0.3 is 10.2 Å². The smallest absolute Gasteiger partial charge is 0.277 e. The first-order chi connectivity index (χ1) is 10.4. The molecule has 0 fully saturated rings. The molecule has 1 aromatic carbocycles. The molecule has 0 aliphatic rings. The largest absolute Gasteiger partial charge is 0.351 e. The minimum atomic E-state index is -0.764. The maximum Gasteiger partial charge on any atom is 0.277 e. The molecule has 0 aliphatic carbocycles. The van der Waals surface area contributed by atoms with Crippen LogP contribution in [0.4, 0.5) is 11.4 Å². The summed E-state index contributed by atoms with van der Waals surface area (Å²) in [6.07, 6.45) is 0. The van der Waals surface area contributed by atoms with Crippen LogP contribution in [0.3, 0.4) is 0 Å². The number of nitro groups is 2. The van der Waals surface area contributed by atoms with Gasteiger partial charge >= 0.3 is 0 Å². The predicted molar refractivity (Wildman–Crippen MR) is 87.1 cm³/mol. The molecule has 128 valence electrons. The molecule has 1 amide bonds. The lowest BCUT2D eigenvalue weighted by atomic mass is 10.1. The van der Waals surface area contributed by atoms with Crippen molar-refractivity contribution in [3.63, 3.8) is 0 Å². The van der Waals surface area contributed by atoms with Gasteiger partial charge in [0.15, 0.2) is 0 Å². The van der Waals surface area contributed by atoms with Gasteiger partial charge in [0, 0.05) is 25.2 Å². The summed E-state index contributed by atoms with van der Waals surface area (Å²) in [4.78, 5) is 34.1. The molecular weight excluding hydrogens is 328 g/mol. The molecule has 0 bridgehead atoms. The number of nitrogens with zero attached hydrogens (tertiary/aromatic N) is 3. The molecule has 10 heteroatoms. The third-order valence-electron chi connectivity index (χ3n) is 3.19. The summed E-state index contributed by atoms with van der Waals surface area (Å²) < 4.78 is 0. The van der Waals surface area contributed by atoms with E-state index in [4.69, 9.17) is 0 Å². The number of carbonyl (C=O) groups is 1. The Morgan fingerprint density at radius 2 is 1.57 bits per heavy atom. The average molecular weight is 347 g/mol. The normalized spacial score (nSPS) is 10.0. The Morgan fingerprint density at radius 3 is 1.96 bits per heavy atom. The standard InChI is InChI=1S/C13H18N4O5.ClH/c1-3-15(4-2)6-5-14-13(18)10-7-11(16(19)20)9-12(8-10)17(21)22;/h7-9H,3-6H2,1-2H3,(H,14,18);1H. The Bertz CT molecular complexity index is 545. The van der Waals surface area contributed by atoms with Crippen molar-refractivity contribution in [2.24, 2.45) is 0 Å². The second-order valence-corrected chi connectivity index (χ2v) is 4.54. The molecule has 0 aromatic heterocycles. The maximum absolute atomic E-state index is 12.0. The fourth-order valence-electron chi connectivity index (χ4n) is 1.91. The molecule has 1 rings (SSSR count). The SMILES string of the molecule is CCN(CC)CCNC(=O)c1cc([N+](=O)[O-])cc([N+](=O)[O-])c1.Cl. The zero-order valence-electron chi connectivity index (χ0n) is 12.9. The molecule has 0 spiro atoms. The molecule has 23 heavy (non-hydrogen) atoms. The van der Waals surface area contributed by atoms with E-state index in [1.807, 2.05) is 13.8 Å². The molecule has 1 aromatic rings. The van der Waals surface area contributed by atoms with Gasteiger partial charge in [-0.2, -0.15) is 0 Å². The molecule has 9 nitrogen and oxygen atoms in total. The first-order valence-corrected chi connectivity index (χ1v) is 6.83. The van der Waals surface area contributed by atoms with Gasteiger partial charge in [0.1, 0.15) is 0 Å². The lowest BCUT2D eigenvalue weighted by Crippen LogP contribution is -2.34. The topological polar surface area (TPSA) is 119 Å². The highest BCUT2D eigenvalue weighted by Crippen LogP contribution is 2.22. The van der Waals surface area contributed by atoms with Crippen LogP contribution in [0.1, 0.15) is 24.2 Å². The van der Waals surface area contributed by atoms with Crippen LogP contribution in [0.25, 0.3) is 0 Å². The van der Waals surface area contributed by atoms with Gasteiger partial charge in [0.05, 0.1) is 21.5 Å². The van der Waals surface area contributed by atoms with E-state index < -0.39 is 27.1 Å². The van der Waals surface area contributed by atoms with Crippen LogP contribution in [0.15, 0.2) is 18.2 Å². The van der Waals surface area contributed by atoms with E-state index in [0.717, 1.165) is 31.3 Å². The van der Waals surface area contributed by atoms with Crippen molar-refractivity contribution in [1.82, 2.24) is 10.2 Å². The number of rotatable bonds is 8. The summed E-state index contributed by atoms with van der Waals surface area (Å²) in [5.74, 6) is -0.570. The fraction of sp³-hybridized carbons (Fsp3) is 0.462. The van der Waals surface area contributed by atoms with E-state index in [-0.39, 0.29) is 18.0 Å². The molecule has 0 unspecified atom stereocenters. The van der Waals surface area contributed by atoms with Crippen molar-refractivity contribution in [3.8, 4) is 0 Å². The molecule has 0 saturated heterocycles. The van der Waals surface area contributed by atoms with E-state index in [2.05, 4.69) is 10.2 Å². The molecule has 0 atom stereocenters. The highest BCUT2D eigenvalue weighted by Gasteiger charge is 2.19. The molecule has 0 radical (unpaired) electrons. The first kappa shape index (κ1) is 20.7. The summed E-state index contributed by atoms with van der Waals surface area (Å²) in [6.45, 7) is 6.67. The number of hydrogen-bond donors (Lipinski definition) is 1. The van der Waals surface area contributed by atoms with Crippen molar-refractivity contribution in [2.75, 3.05) is 26.2 Å². The Kier molecular flexibility index (Phi) is 8.74. The number of amides is 1. The number of halogens is 1. The summed E-state index contributed by atoms with van der Waals surface area (Å²) in [5, 5.41) is 24.2. The second kappa shape index (κ2) is 9.70. The van der Waals surface area contributed by atoms with Crippen molar-refractivity contribution >= 4 is 29.7 Å². The lowest BCUT2D eigenvalue weighted by Gasteiger charge is -2.17. The van der Waals surface area contributed by atoms with Gasteiger partial charge in [0.25, 0.3) is 17.3 Å². The monoisotopic (exact) mass is 346 g/mol. The molecule has 0 heterocycles. The predicted octanol–water partition coefficient (Wildman–Crippen LogP) is 2.00. The van der Waals surface area contributed by atoms with E-state index in [0.29, 0.717) is 13.1 Å².